The van der Waals surface area contributed by atoms with Gasteiger partial charge in [-0.25, -0.2) is 4.99 Å². The van der Waals surface area contributed by atoms with Crippen LogP contribution in [0.25, 0.3) is 10.8 Å². The molecule has 18 heavy (non-hydrogen) atoms. The summed E-state index contributed by atoms with van der Waals surface area (Å²) in [5, 5.41) is 12.9. The minimum absolute atomic E-state index is 0.0908. The molecule has 2 aromatic rings. The smallest absolute Gasteiger partial charge is 0.207 e. The number of hydrogen-bond donors (Lipinski definition) is 2. The lowest BCUT2D eigenvalue weighted by Crippen LogP contribution is -2.26. The summed E-state index contributed by atoms with van der Waals surface area (Å²) in [6, 6.07) is 9.88. The fourth-order valence-electron chi connectivity index (χ4n) is 1.80. The van der Waals surface area contributed by atoms with Crippen molar-refractivity contribution in [2.75, 3.05) is 0 Å². The lowest BCUT2D eigenvalue weighted by Gasteiger charge is -2.08. The molecule has 0 fully saturated rings. The number of benzene rings is 2. The number of nitriles is 1. The summed E-state index contributed by atoms with van der Waals surface area (Å²) in [4.78, 5) is 4.26. The average Bonchev–Trinajstić information content (AvgIpc) is 2.35. The predicted molar refractivity (Wildman–Crippen MR) is 76.4 cm³/mol. The van der Waals surface area contributed by atoms with Crippen LogP contribution in [0.15, 0.2) is 39.8 Å². The Morgan fingerprint density at radius 1 is 1.39 bits per heavy atom. The van der Waals surface area contributed by atoms with E-state index >= 15 is 0 Å². The molecule has 2 rings (SSSR count). The maximum absolute atomic E-state index is 8.51. The van der Waals surface area contributed by atoms with Crippen molar-refractivity contribution in [1.29, 1.82) is 5.26 Å². The maximum atomic E-state index is 8.51. The highest BCUT2D eigenvalue weighted by Gasteiger charge is 2.07. The predicted octanol–water partition coefficient (Wildman–Crippen LogP) is 2.93. The molecule has 0 saturated carbocycles. The molecular weight excluding hydrogens is 292 g/mol. The van der Waals surface area contributed by atoms with Gasteiger partial charge in [0.25, 0.3) is 0 Å². The first-order valence-corrected chi connectivity index (χ1v) is 6.10. The first kappa shape index (κ1) is 12.4. The van der Waals surface area contributed by atoms with Crippen LogP contribution in [0, 0.1) is 18.4 Å². The third-order valence-electron chi connectivity index (χ3n) is 2.57. The van der Waals surface area contributed by atoms with Gasteiger partial charge in [-0.1, -0.05) is 40.2 Å². The number of fused-ring (bicyclic) bond motifs is 1. The molecule has 0 saturated heterocycles. The third kappa shape index (κ3) is 2.29. The van der Waals surface area contributed by atoms with Crippen LogP contribution in [0.2, 0.25) is 0 Å². The molecular formula is C13H11BrN4. The summed E-state index contributed by atoms with van der Waals surface area (Å²) >= 11 is 3.53. The van der Waals surface area contributed by atoms with Crippen molar-refractivity contribution >= 4 is 38.3 Å². The van der Waals surface area contributed by atoms with Gasteiger partial charge in [0, 0.05) is 9.86 Å². The molecule has 0 aliphatic heterocycles. The van der Waals surface area contributed by atoms with Crippen LogP contribution in [0.4, 0.5) is 5.69 Å². The second-order valence-corrected chi connectivity index (χ2v) is 4.66. The van der Waals surface area contributed by atoms with Crippen LogP contribution in [-0.2, 0) is 0 Å². The van der Waals surface area contributed by atoms with Gasteiger partial charge in [0.1, 0.15) is 0 Å². The van der Waals surface area contributed by atoms with Crippen LogP contribution in [0.1, 0.15) is 5.56 Å². The Morgan fingerprint density at radius 2 is 2.06 bits per heavy atom. The van der Waals surface area contributed by atoms with Gasteiger partial charge in [0.05, 0.1) is 5.69 Å². The van der Waals surface area contributed by atoms with Crippen molar-refractivity contribution in [3.05, 3.63) is 40.4 Å². The van der Waals surface area contributed by atoms with E-state index in [1.165, 1.54) is 0 Å². The van der Waals surface area contributed by atoms with Gasteiger partial charge >= 0.3 is 0 Å². The zero-order valence-electron chi connectivity index (χ0n) is 9.74. The largest absolute Gasteiger partial charge is 0.369 e. The number of guanidine groups is 1. The molecule has 0 aromatic heterocycles. The van der Waals surface area contributed by atoms with Gasteiger partial charge in [-0.3, -0.25) is 5.32 Å². The molecule has 2 aromatic carbocycles. The molecule has 0 aliphatic rings. The van der Waals surface area contributed by atoms with Crippen LogP contribution in [0.3, 0.4) is 0 Å². The Bertz CT molecular complexity index is 670. The molecule has 0 radical (unpaired) electrons. The van der Waals surface area contributed by atoms with Crippen molar-refractivity contribution in [2.24, 2.45) is 10.7 Å². The molecule has 0 aliphatic carbocycles. The zero-order chi connectivity index (χ0) is 13.1. The monoisotopic (exact) mass is 302 g/mol. The van der Waals surface area contributed by atoms with E-state index in [-0.39, 0.29) is 5.96 Å². The molecule has 0 unspecified atom stereocenters. The molecule has 3 N–H and O–H groups in total. The van der Waals surface area contributed by atoms with Crippen molar-refractivity contribution in [2.45, 2.75) is 6.92 Å². The Labute approximate surface area is 113 Å². The first-order valence-electron chi connectivity index (χ1n) is 5.30. The molecule has 0 amide bonds. The van der Waals surface area contributed by atoms with Crippen LogP contribution in [0.5, 0.6) is 0 Å². The molecule has 4 nitrogen and oxygen atoms in total. The molecule has 0 atom stereocenters. The zero-order valence-corrected chi connectivity index (χ0v) is 11.3. The van der Waals surface area contributed by atoms with E-state index in [4.69, 9.17) is 11.0 Å². The Kier molecular flexibility index (Phi) is 3.49. The number of nitrogens with two attached hydrogens (primary N) is 1. The van der Waals surface area contributed by atoms with Gasteiger partial charge in [0.2, 0.25) is 5.96 Å². The third-order valence-corrected chi connectivity index (χ3v) is 3.23. The Morgan fingerprint density at radius 3 is 2.72 bits per heavy atom. The highest BCUT2D eigenvalue weighted by Crippen LogP contribution is 2.34. The lowest BCUT2D eigenvalue weighted by atomic mass is 10.1. The van der Waals surface area contributed by atoms with Gasteiger partial charge in [-0.2, -0.15) is 5.26 Å². The maximum Gasteiger partial charge on any atom is 0.207 e. The standard InChI is InChI=1S/C13H11BrN4/c1-8-6-11(14)9-4-2-3-5-10(9)12(8)18-13(16)17-7-15/h2-6H,1H3,(H3,16,17,18). The summed E-state index contributed by atoms with van der Waals surface area (Å²) in [6.45, 7) is 1.95. The van der Waals surface area contributed by atoms with E-state index in [2.05, 4.69) is 26.2 Å². The molecule has 0 spiro atoms. The summed E-state index contributed by atoms with van der Waals surface area (Å²) in [7, 11) is 0. The summed E-state index contributed by atoms with van der Waals surface area (Å²) in [5.74, 6) is 0.0908. The van der Waals surface area contributed by atoms with Crippen molar-refractivity contribution in [3.63, 3.8) is 0 Å². The number of aryl methyl sites for hydroxylation is 1. The average molecular weight is 303 g/mol. The number of nitrogens with zero attached hydrogens (tertiary/aromatic N) is 2. The lowest BCUT2D eigenvalue weighted by molar-refractivity contribution is 1.21. The Balaban J connectivity index is 2.71. The second-order valence-electron chi connectivity index (χ2n) is 3.80. The normalized spacial score (nSPS) is 11.3. The van der Waals surface area contributed by atoms with Crippen molar-refractivity contribution in [1.82, 2.24) is 5.32 Å². The van der Waals surface area contributed by atoms with E-state index in [0.717, 1.165) is 26.5 Å². The fourth-order valence-corrected chi connectivity index (χ4v) is 2.49. The van der Waals surface area contributed by atoms with Gasteiger partial charge in [-0.15, -0.1) is 0 Å². The van der Waals surface area contributed by atoms with Crippen LogP contribution < -0.4 is 11.1 Å². The van der Waals surface area contributed by atoms with E-state index in [1.54, 1.807) is 6.19 Å². The highest BCUT2D eigenvalue weighted by atomic mass is 79.9. The van der Waals surface area contributed by atoms with Gasteiger partial charge in [-0.05, 0) is 23.9 Å². The second kappa shape index (κ2) is 5.07. The molecule has 0 bridgehead atoms. The van der Waals surface area contributed by atoms with E-state index in [1.807, 2.05) is 37.3 Å². The number of nitrogens with one attached hydrogen (secondary N) is 1. The molecule has 0 heterocycles. The molecule has 5 heteroatoms. The summed E-state index contributed by atoms with van der Waals surface area (Å²) < 4.78 is 1.02. The fraction of sp³-hybridized carbons (Fsp3) is 0.0769. The van der Waals surface area contributed by atoms with E-state index < -0.39 is 0 Å². The highest BCUT2D eigenvalue weighted by molar-refractivity contribution is 9.10. The minimum atomic E-state index is 0.0908. The summed E-state index contributed by atoms with van der Waals surface area (Å²) in [6.07, 6.45) is 1.75. The van der Waals surface area contributed by atoms with Crippen molar-refractivity contribution < 1.29 is 0 Å². The SMILES string of the molecule is Cc1cc(Br)c2ccccc2c1N=C(N)NC#N. The first-order chi connectivity index (χ1) is 8.63. The summed E-state index contributed by atoms with van der Waals surface area (Å²) in [5.41, 5.74) is 7.38. The van der Waals surface area contributed by atoms with Crippen LogP contribution in [-0.4, -0.2) is 5.96 Å². The van der Waals surface area contributed by atoms with E-state index in [0.29, 0.717) is 0 Å². The minimum Gasteiger partial charge on any atom is -0.369 e. The number of rotatable bonds is 1. The quantitative estimate of drug-likeness (QED) is 0.368. The van der Waals surface area contributed by atoms with Gasteiger partial charge in [0.15, 0.2) is 6.19 Å². The van der Waals surface area contributed by atoms with Gasteiger partial charge < -0.3 is 5.73 Å². The van der Waals surface area contributed by atoms with Crippen molar-refractivity contribution in [3.8, 4) is 6.19 Å². The number of hydrogen-bond acceptors (Lipinski definition) is 2. The Hall–Kier alpha value is -2.06. The number of aliphatic imine (C=N–C) groups is 1. The van der Waals surface area contributed by atoms with Crippen LogP contribution >= 0.6 is 15.9 Å². The topological polar surface area (TPSA) is 74.2 Å². The number of halogens is 1. The van der Waals surface area contributed by atoms with E-state index in [9.17, 15) is 0 Å². The molecule has 90 valence electrons.